The van der Waals surface area contributed by atoms with E-state index >= 15 is 0 Å². The van der Waals surface area contributed by atoms with Gasteiger partial charge in [-0.3, -0.25) is 24.3 Å². The number of aromatic nitrogens is 1. The van der Waals surface area contributed by atoms with Crippen LogP contribution in [0, 0.1) is 0 Å². The highest BCUT2D eigenvalue weighted by Gasteiger charge is 2.34. The van der Waals surface area contributed by atoms with Crippen molar-refractivity contribution in [3.05, 3.63) is 113 Å². The summed E-state index contributed by atoms with van der Waals surface area (Å²) in [7, 11) is 2.07. The maximum Gasteiger partial charge on any atom is 0.323 e. The summed E-state index contributed by atoms with van der Waals surface area (Å²) in [6, 6.07) is 25.6. The first kappa shape index (κ1) is 40.1. The first-order valence-corrected chi connectivity index (χ1v) is 20.8. The molecule has 2 amide bonds. The zero-order valence-electron chi connectivity index (χ0n) is 34.1. The lowest BCUT2D eigenvalue weighted by atomic mass is 9.87. The number of benzene rings is 3. The number of carbonyl (C=O) groups is 3. The van der Waals surface area contributed by atoms with Crippen LogP contribution >= 0.6 is 0 Å². The van der Waals surface area contributed by atoms with E-state index in [9.17, 15) is 14.4 Å². The fourth-order valence-corrected chi connectivity index (χ4v) is 8.49. The number of carbonyl (C=O) groups excluding carboxylic acids is 3. The molecule has 2 N–H and O–H groups in total. The number of likely N-dealkylation sites (tertiary alicyclic amines) is 1. The lowest BCUT2D eigenvalue weighted by Crippen LogP contribution is -2.43. The number of piperidine rings is 1. The van der Waals surface area contributed by atoms with Gasteiger partial charge in [-0.15, -0.1) is 0 Å². The number of likely N-dealkylation sites (N-methyl/N-ethyl adjacent to an activating group) is 1. The molecule has 1 aliphatic carbocycles. The topological polar surface area (TPSA) is 107 Å². The highest BCUT2D eigenvalue weighted by molar-refractivity contribution is 6.06. The molecule has 1 aromatic heterocycles. The smallest absolute Gasteiger partial charge is 0.323 e. The molecule has 0 unspecified atom stereocenters. The number of hydrogen-bond acceptors (Lipinski definition) is 8. The highest BCUT2D eigenvalue weighted by atomic mass is 16.6. The molecule has 2 saturated heterocycles. The number of esters is 1. The lowest BCUT2D eigenvalue weighted by molar-refractivity contribution is -0.160. The monoisotopic (exact) mass is 770 g/mol. The Bertz CT molecular complexity index is 2050. The number of ether oxygens (including phenoxy) is 1. The van der Waals surface area contributed by atoms with Crippen molar-refractivity contribution in [1.29, 1.82) is 0 Å². The van der Waals surface area contributed by atoms with E-state index in [1.165, 1.54) is 17.5 Å². The Morgan fingerprint density at radius 2 is 1.65 bits per heavy atom. The molecule has 0 spiro atoms. The minimum atomic E-state index is -0.500. The molecular weight excluding hydrogens is 713 g/mol. The average molecular weight is 771 g/mol. The first-order chi connectivity index (χ1) is 27.5. The molecule has 10 nitrogen and oxygen atoms in total. The molecular formula is C47H58N6O4. The van der Waals surface area contributed by atoms with E-state index in [1.807, 2.05) is 63.2 Å². The summed E-state index contributed by atoms with van der Waals surface area (Å²) in [6.45, 7) is 10.8. The van der Waals surface area contributed by atoms with Crippen LogP contribution in [0.25, 0.3) is 11.3 Å². The van der Waals surface area contributed by atoms with Crippen molar-refractivity contribution < 1.29 is 19.1 Å². The molecule has 3 aromatic carbocycles. The van der Waals surface area contributed by atoms with Gasteiger partial charge in [0.1, 0.15) is 11.6 Å². The van der Waals surface area contributed by atoms with E-state index in [-0.39, 0.29) is 29.9 Å². The Hall–Kier alpha value is -5.06. The predicted molar refractivity (Wildman–Crippen MR) is 226 cm³/mol. The summed E-state index contributed by atoms with van der Waals surface area (Å²) in [5.74, 6) is -0.488. The molecule has 0 bridgehead atoms. The van der Waals surface area contributed by atoms with E-state index in [0.717, 1.165) is 94.5 Å². The normalized spacial score (nSPS) is 18.6. The van der Waals surface area contributed by atoms with Crippen LogP contribution in [0.2, 0.25) is 0 Å². The van der Waals surface area contributed by atoms with Crippen LogP contribution in [0.3, 0.4) is 0 Å². The first-order valence-electron chi connectivity index (χ1n) is 20.8. The largest absolute Gasteiger partial charge is 0.459 e. The van der Waals surface area contributed by atoms with Gasteiger partial charge >= 0.3 is 5.97 Å². The number of hydrogen-bond donors (Lipinski definition) is 2. The Labute approximate surface area is 338 Å². The van der Waals surface area contributed by atoms with Gasteiger partial charge in [0.2, 0.25) is 0 Å². The Kier molecular flexibility index (Phi) is 12.7. The number of aryl methyl sites for hydroxylation is 1. The van der Waals surface area contributed by atoms with Crippen LogP contribution < -0.4 is 15.5 Å². The summed E-state index contributed by atoms with van der Waals surface area (Å²) >= 11 is 0. The van der Waals surface area contributed by atoms with Crippen molar-refractivity contribution in [3.8, 4) is 11.3 Å². The van der Waals surface area contributed by atoms with Gasteiger partial charge in [-0.05, 0) is 145 Å². The molecule has 57 heavy (non-hydrogen) atoms. The zero-order valence-corrected chi connectivity index (χ0v) is 34.1. The second-order valence-corrected chi connectivity index (χ2v) is 16.9. The fourth-order valence-electron chi connectivity index (χ4n) is 8.49. The van der Waals surface area contributed by atoms with Gasteiger partial charge in [0, 0.05) is 61.3 Å². The number of nitrogens with zero attached hydrogens (tertiary/aromatic N) is 4. The van der Waals surface area contributed by atoms with E-state index in [4.69, 9.17) is 9.72 Å². The number of anilines is 2. The minimum Gasteiger partial charge on any atom is -0.459 e. The quantitative estimate of drug-likeness (QED) is 0.140. The number of rotatable bonds is 12. The second kappa shape index (κ2) is 18.0. The van der Waals surface area contributed by atoms with Gasteiger partial charge in [-0.25, -0.2) is 0 Å². The molecule has 3 aliphatic rings. The summed E-state index contributed by atoms with van der Waals surface area (Å²) in [6.07, 6.45) is 9.97. The molecule has 0 radical (unpaired) electrons. The molecule has 2 fully saturated rings. The third-order valence-corrected chi connectivity index (χ3v) is 11.4. The maximum atomic E-state index is 13.9. The summed E-state index contributed by atoms with van der Waals surface area (Å²) < 4.78 is 5.69. The van der Waals surface area contributed by atoms with Gasteiger partial charge in [-0.1, -0.05) is 36.4 Å². The van der Waals surface area contributed by atoms with Crippen molar-refractivity contribution in [2.75, 3.05) is 50.0 Å². The van der Waals surface area contributed by atoms with Gasteiger partial charge < -0.3 is 25.2 Å². The SMILES string of the molecule is CN(CCN1CCC[C@H]1C(=O)OC(C)(C)C)Cc1cccc(C(=O)Nc2ccc(N3CCCCC3)cc2-c2cc(C(=O)N[C@H]3CCCc4ccccc43)ccn2)c1. The molecule has 3 heterocycles. The van der Waals surface area contributed by atoms with Crippen LogP contribution in [-0.4, -0.2) is 84.0 Å². The van der Waals surface area contributed by atoms with Gasteiger partial charge in [0.05, 0.1) is 17.4 Å². The molecule has 2 aliphatic heterocycles. The number of pyridine rings is 1. The van der Waals surface area contributed by atoms with Gasteiger partial charge in [0.15, 0.2) is 0 Å². The third-order valence-electron chi connectivity index (χ3n) is 11.4. The van der Waals surface area contributed by atoms with E-state index in [1.54, 1.807) is 12.3 Å². The van der Waals surface area contributed by atoms with Gasteiger partial charge in [0.25, 0.3) is 11.8 Å². The van der Waals surface area contributed by atoms with Crippen LogP contribution in [0.1, 0.15) is 109 Å². The lowest BCUT2D eigenvalue weighted by Gasteiger charge is -2.29. The maximum absolute atomic E-state index is 13.9. The Morgan fingerprint density at radius 3 is 2.47 bits per heavy atom. The van der Waals surface area contributed by atoms with Crippen molar-refractivity contribution in [1.82, 2.24) is 20.1 Å². The van der Waals surface area contributed by atoms with Crippen molar-refractivity contribution >= 4 is 29.2 Å². The molecule has 0 saturated carbocycles. The number of amides is 2. The molecule has 7 rings (SSSR count). The fraction of sp³-hybridized carbons (Fsp3) is 0.447. The number of fused-ring (bicyclic) bond motifs is 1. The summed E-state index contributed by atoms with van der Waals surface area (Å²) in [4.78, 5) is 52.1. The summed E-state index contributed by atoms with van der Waals surface area (Å²) in [5.41, 5.74) is 7.22. The minimum absolute atomic E-state index is 0.0338. The number of nitrogens with one attached hydrogen (secondary N) is 2. The molecule has 10 heteroatoms. The van der Waals surface area contributed by atoms with Crippen LogP contribution in [-0.2, 0) is 22.5 Å². The average Bonchev–Trinajstić information content (AvgIpc) is 3.69. The summed E-state index contributed by atoms with van der Waals surface area (Å²) in [5, 5.41) is 6.48. The predicted octanol–water partition coefficient (Wildman–Crippen LogP) is 8.04. The Morgan fingerprint density at radius 1 is 0.842 bits per heavy atom. The van der Waals surface area contributed by atoms with E-state index < -0.39 is 5.60 Å². The standard InChI is InChI=1S/C47H58N6O4/c1-47(2,3)57-46(56)43-19-12-26-53(43)28-27-51(4)32-33-13-10-16-35(29-33)44(54)50-41-21-20-37(52-24-8-5-9-25-52)31-39(41)42-30-36(22-23-48-42)45(55)49-40-18-11-15-34-14-6-7-17-38(34)40/h6-7,10,13-14,16-17,20-23,29-31,40,43H,5,8-9,11-12,15,18-19,24-28,32H2,1-4H3,(H,49,55)(H,50,54)/t40-,43-/m0/s1. The van der Waals surface area contributed by atoms with Crippen molar-refractivity contribution in [2.45, 2.75) is 96.4 Å². The van der Waals surface area contributed by atoms with Crippen molar-refractivity contribution in [2.24, 2.45) is 0 Å². The van der Waals surface area contributed by atoms with E-state index in [0.29, 0.717) is 29.1 Å². The van der Waals surface area contributed by atoms with E-state index in [2.05, 4.69) is 62.7 Å². The second-order valence-electron chi connectivity index (χ2n) is 16.9. The van der Waals surface area contributed by atoms with Crippen LogP contribution in [0.5, 0.6) is 0 Å². The molecule has 4 aromatic rings. The van der Waals surface area contributed by atoms with Gasteiger partial charge in [-0.2, -0.15) is 0 Å². The highest BCUT2D eigenvalue weighted by Crippen LogP contribution is 2.34. The van der Waals surface area contributed by atoms with Crippen molar-refractivity contribution in [3.63, 3.8) is 0 Å². The molecule has 2 atom stereocenters. The zero-order chi connectivity index (χ0) is 39.9. The molecule has 300 valence electrons. The van der Waals surface area contributed by atoms with Crippen LogP contribution in [0.15, 0.2) is 85.1 Å². The Balaban J connectivity index is 1.05. The third kappa shape index (κ3) is 10.3. The van der Waals surface area contributed by atoms with Crippen LogP contribution in [0.4, 0.5) is 11.4 Å².